The molecular weight excluding hydrogens is 196 g/mol. The standard InChI is InChI=1S/C10H16N2O3/c1-3-5-6-15-10(13)12-8-9(7-11-12)14-4-2/h7-8H,3-6H2,1-2H3. The van der Waals surface area contributed by atoms with Crippen LogP contribution in [0.25, 0.3) is 0 Å². The SMILES string of the molecule is CCCCOC(=O)n1cc(OCC)cn1. The molecule has 0 spiro atoms. The van der Waals surface area contributed by atoms with Crippen LogP contribution in [0.4, 0.5) is 4.79 Å². The average molecular weight is 212 g/mol. The quantitative estimate of drug-likeness (QED) is 0.701. The number of unbranched alkanes of at least 4 members (excludes halogenated alkanes) is 1. The van der Waals surface area contributed by atoms with E-state index in [-0.39, 0.29) is 0 Å². The van der Waals surface area contributed by atoms with E-state index in [0.29, 0.717) is 19.0 Å². The summed E-state index contributed by atoms with van der Waals surface area (Å²) >= 11 is 0. The van der Waals surface area contributed by atoms with Gasteiger partial charge >= 0.3 is 6.09 Å². The smallest absolute Gasteiger partial charge is 0.434 e. The molecule has 1 heterocycles. The van der Waals surface area contributed by atoms with Crippen LogP contribution in [-0.4, -0.2) is 29.1 Å². The fraction of sp³-hybridized carbons (Fsp3) is 0.600. The molecule has 0 aromatic carbocycles. The summed E-state index contributed by atoms with van der Waals surface area (Å²) in [4.78, 5) is 11.4. The Morgan fingerprint density at radius 1 is 1.53 bits per heavy atom. The van der Waals surface area contributed by atoms with Gasteiger partial charge in [-0.2, -0.15) is 9.78 Å². The molecule has 1 aromatic rings. The molecule has 1 aromatic heterocycles. The van der Waals surface area contributed by atoms with Gasteiger partial charge in [0.1, 0.15) is 0 Å². The van der Waals surface area contributed by atoms with Crippen LogP contribution >= 0.6 is 0 Å². The lowest BCUT2D eigenvalue weighted by Gasteiger charge is -2.02. The lowest BCUT2D eigenvalue weighted by atomic mass is 10.4. The van der Waals surface area contributed by atoms with Gasteiger partial charge in [-0.05, 0) is 13.3 Å². The number of nitrogens with zero attached hydrogens (tertiary/aromatic N) is 2. The Morgan fingerprint density at radius 3 is 3.00 bits per heavy atom. The Bertz CT molecular complexity index is 309. The Labute approximate surface area is 89.0 Å². The highest BCUT2D eigenvalue weighted by molar-refractivity contribution is 5.69. The molecule has 0 aliphatic rings. The first-order valence-corrected chi connectivity index (χ1v) is 5.12. The van der Waals surface area contributed by atoms with Crippen molar-refractivity contribution in [1.82, 2.24) is 9.78 Å². The van der Waals surface area contributed by atoms with Crippen LogP contribution in [0.3, 0.4) is 0 Å². The highest BCUT2D eigenvalue weighted by Crippen LogP contribution is 2.08. The maximum Gasteiger partial charge on any atom is 0.434 e. The first kappa shape index (κ1) is 11.6. The lowest BCUT2D eigenvalue weighted by molar-refractivity contribution is 0.142. The molecule has 0 bridgehead atoms. The summed E-state index contributed by atoms with van der Waals surface area (Å²) in [6, 6.07) is 0. The van der Waals surface area contributed by atoms with Crippen molar-refractivity contribution in [2.45, 2.75) is 26.7 Å². The van der Waals surface area contributed by atoms with Crippen molar-refractivity contribution in [3.8, 4) is 5.75 Å². The summed E-state index contributed by atoms with van der Waals surface area (Å²) in [5, 5.41) is 3.83. The molecule has 84 valence electrons. The van der Waals surface area contributed by atoms with E-state index in [1.165, 1.54) is 12.4 Å². The molecule has 5 heteroatoms. The third kappa shape index (κ3) is 3.61. The largest absolute Gasteiger partial charge is 0.491 e. The van der Waals surface area contributed by atoms with E-state index >= 15 is 0 Å². The fourth-order valence-electron chi connectivity index (χ4n) is 1.02. The van der Waals surface area contributed by atoms with E-state index in [9.17, 15) is 4.79 Å². The molecule has 5 nitrogen and oxygen atoms in total. The highest BCUT2D eigenvalue weighted by Gasteiger charge is 2.07. The third-order valence-electron chi connectivity index (χ3n) is 1.78. The molecule has 0 radical (unpaired) electrons. The average Bonchev–Trinajstić information content (AvgIpc) is 2.67. The molecule has 0 fully saturated rings. The summed E-state index contributed by atoms with van der Waals surface area (Å²) in [5.41, 5.74) is 0. The van der Waals surface area contributed by atoms with Gasteiger partial charge in [0.25, 0.3) is 0 Å². The van der Waals surface area contributed by atoms with Crippen LogP contribution in [0.1, 0.15) is 26.7 Å². The normalized spacial score (nSPS) is 10.0. The molecule has 0 saturated carbocycles. The van der Waals surface area contributed by atoms with Crippen molar-refractivity contribution in [2.75, 3.05) is 13.2 Å². The topological polar surface area (TPSA) is 53.4 Å². The van der Waals surface area contributed by atoms with Crippen LogP contribution in [0, 0.1) is 0 Å². The molecule has 0 saturated heterocycles. The molecule has 0 N–H and O–H groups in total. The molecule has 15 heavy (non-hydrogen) atoms. The number of rotatable bonds is 5. The Kier molecular flexibility index (Phi) is 4.66. The molecule has 0 aliphatic heterocycles. The second kappa shape index (κ2) is 6.06. The van der Waals surface area contributed by atoms with Gasteiger partial charge in [0.05, 0.1) is 25.6 Å². The van der Waals surface area contributed by atoms with Crippen LogP contribution in [0.15, 0.2) is 12.4 Å². The van der Waals surface area contributed by atoms with Gasteiger partial charge in [-0.15, -0.1) is 0 Å². The predicted octanol–water partition coefficient (Wildman–Crippen LogP) is 2.07. The minimum absolute atomic E-state index is 0.430. The zero-order valence-electron chi connectivity index (χ0n) is 9.10. The summed E-state index contributed by atoms with van der Waals surface area (Å²) in [6.07, 6.45) is 4.40. The van der Waals surface area contributed by atoms with Crippen molar-refractivity contribution in [3.05, 3.63) is 12.4 Å². The van der Waals surface area contributed by atoms with Gasteiger partial charge in [0.2, 0.25) is 0 Å². The first-order valence-electron chi connectivity index (χ1n) is 5.12. The molecular formula is C10H16N2O3. The van der Waals surface area contributed by atoms with Gasteiger partial charge in [0.15, 0.2) is 5.75 Å². The van der Waals surface area contributed by atoms with Crippen molar-refractivity contribution in [3.63, 3.8) is 0 Å². The van der Waals surface area contributed by atoms with Gasteiger partial charge < -0.3 is 9.47 Å². The number of hydrogen-bond donors (Lipinski definition) is 0. The van der Waals surface area contributed by atoms with Crippen molar-refractivity contribution in [1.29, 1.82) is 0 Å². The van der Waals surface area contributed by atoms with E-state index < -0.39 is 6.09 Å². The minimum atomic E-state index is -0.464. The van der Waals surface area contributed by atoms with Crippen molar-refractivity contribution < 1.29 is 14.3 Å². The van der Waals surface area contributed by atoms with Gasteiger partial charge in [-0.1, -0.05) is 13.3 Å². The maximum atomic E-state index is 11.4. The number of aromatic nitrogens is 2. The predicted molar refractivity (Wildman–Crippen MR) is 55.1 cm³/mol. The molecule has 0 aliphatic carbocycles. The minimum Gasteiger partial charge on any atom is -0.491 e. The van der Waals surface area contributed by atoms with Crippen LogP contribution < -0.4 is 4.74 Å². The van der Waals surface area contributed by atoms with Gasteiger partial charge in [-0.3, -0.25) is 0 Å². The Hall–Kier alpha value is -1.52. The van der Waals surface area contributed by atoms with Gasteiger partial charge in [0, 0.05) is 0 Å². The molecule has 0 unspecified atom stereocenters. The summed E-state index contributed by atoms with van der Waals surface area (Å²) < 4.78 is 11.3. The molecule has 0 amide bonds. The van der Waals surface area contributed by atoms with Crippen LogP contribution in [0.5, 0.6) is 5.75 Å². The summed E-state index contributed by atoms with van der Waals surface area (Å²) in [5.74, 6) is 0.574. The Balaban J connectivity index is 2.43. The zero-order chi connectivity index (χ0) is 11.1. The molecule has 1 rings (SSSR count). The maximum absolute atomic E-state index is 11.4. The van der Waals surface area contributed by atoms with E-state index in [1.807, 2.05) is 13.8 Å². The lowest BCUT2D eigenvalue weighted by Crippen LogP contribution is -2.14. The third-order valence-corrected chi connectivity index (χ3v) is 1.78. The van der Waals surface area contributed by atoms with E-state index in [4.69, 9.17) is 9.47 Å². The Morgan fingerprint density at radius 2 is 2.33 bits per heavy atom. The summed E-state index contributed by atoms with van der Waals surface area (Å²) in [6.45, 7) is 4.89. The van der Waals surface area contributed by atoms with Crippen LogP contribution in [-0.2, 0) is 4.74 Å². The second-order valence-corrected chi connectivity index (χ2v) is 3.02. The fourth-order valence-corrected chi connectivity index (χ4v) is 1.02. The number of hydrogen-bond acceptors (Lipinski definition) is 4. The van der Waals surface area contributed by atoms with Gasteiger partial charge in [-0.25, -0.2) is 4.79 Å². The highest BCUT2D eigenvalue weighted by atomic mass is 16.6. The van der Waals surface area contributed by atoms with E-state index in [2.05, 4.69) is 5.10 Å². The number of ether oxygens (including phenoxy) is 2. The van der Waals surface area contributed by atoms with Crippen molar-refractivity contribution in [2.24, 2.45) is 0 Å². The van der Waals surface area contributed by atoms with E-state index in [1.54, 1.807) is 0 Å². The summed E-state index contributed by atoms with van der Waals surface area (Å²) in [7, 11) is 0. The molecule has 0 atom stereocenters. The van der Waals surface area contributed by atoms with Crippen molar-refractivity contribution >= 4 is 6.09 Å². The van der Waals surface area contributed by atoms with E-state index in [0.717, 1.165) is 17.5 Å². The van der Waals surface area contributed by atoms with Crippen LogP contribution in [0.2, 0.25) is 0 Å². The second-order valence-electron chi connectivity index (χ2n) is 3.02. The number of carbonyl (C=O) groups is 1. The number of carbonyl (C=O) groups excluding carboxylic acids is 1. The monoisotopic (exact) mass is 212 g/mol. The first-order chi connectivity index (χ1) is 7.27. The zero-order valence-corrected chi connectivity index (χ0v) is 9.10.